The number of morpholine rings is 1. The fourth-order valence-corrected chi connectivity index (χ4v) is 2.21. The number of nitrogens with zero attached hydrogens (tertiary/aromatic N) is 1. The first-order chi connectivity index (χ1) is 8.49. The first kappa shape index (κ1) is 14.9. The van der Waals surface area contributed by atoms with Crippen LogP contribution in [0.25, 0.3) is 0 Å². The molecule has 1 aliphatic heterocycles. The number of amides is 1. The van der Waals surface area contributed by atoms with Crippen molar-refractivity contribution in [3.8, 4) is 0 Å². The van der Waals surface area contributed by atoms with Gasteiger partial charge in [0.05, 0.1) is 12.7 Å². The Bertz CT molecular complexity index is 308. The second-order valence-electron chi connectivity index (χ2n) is 4.47. The van der Waals surface area contributed by atoms with Gasteiger partial charge >= 0.3 is 5.97 Å². The number of rotatable bonds is 5. The van der Waals surface area contributed by atoms with Crippen LogP contribution < -0.4 is 5.73 Å². The summed E-state index contributed by atoms with van der Waals surface area (Å²) >= 11 is 0. The van der Waals surface area contributed by atoms with Gasteiger partial charge in [0, 0.05) is 13.1 Å². The third kappa shape index (κ3) is 3.68. The first-order valence-corrected chi connectivity index (χ1v) is 6.35. The van der Waals surface area contributed by atoms with E-state index >= 15 is 0 Å². The second-order valence-corrected chi connectivity index (χ2v) is 4.47. The Labute approximate surface area is 107 Å². The van der Waals surface area contributed by atoms with Gasteiger partial charge in [0.25, 0.3) is 0 Å². The molecule has 0 aromatic carbocycles. The Morgan fingerprint density at radius 1 is 1.44 bits per heavy atom. The van der Waals surface area contributed by atoms with Crippen molar-refractivity contribution >= 4 is 11.9 Å². The normalized spacial score (nSPS) is 26.6. The Hall–Kier alpha value is -1.14. The van der Waals surface area contributed by atoms with Gasteiger partial charge in [-0.1, -0.05) is 6.92 Å². The zero-order valence-electron chi connectivity index (χ0n) is 11.2. The van der Waals surface area contributed by atoms with Crippen LogP contribution in [-0.2, 0) is 19.1 Å². The molecule has 1 fully saturated rings. The lowest BCUT2D eigenvalue weighted by Crippen LogP contribution is -2.56. The highest BCUT2D eigenvalue weighted by atomic mass is 16.5. The molecule has 2 N–H and O–H groups in total. The standard InChI is InChI=1S/C12H22N2O4/c1-4-9(12(16)17-5-2)14-6-8(3)18-10(7-14)11(13)15/h8-10H,4-7H2,1-3H3,(H2,13,15)/t8-,9-,10-/m1/s1. The highest BCUT2D eigenvalue weighted by molar-refractivity contribution is 5.80. The SMILES string of the molecule is CCOC(=O)[C@@H](CC)N1C[C@@H](C)O[C@@H](C(N)=O)C1. The van der Waals surface area contributed by atoms with Crippen LogP contribution in [0.3, 0.4) is 0 Å². The van der Waals surface area contributed by atoms with Gasteiger partial charge in [0.2, 0.25) is 5.91 Å². The van der Waals surface area contributed by atoms with E-state index in [2.05, 4.69) is 0 Å². The number of carbonyl (C=O) groups is 2. The maximum atomic E-state index is 11.8. The average Bonchev–Trinajstić information content (AvgIpc) is 2.29. The number of primary amides is 1. The van der Waals surface area contributed by atoms with Gasteiger partial charge < -0.3 is 15.2 Å². The third-order valence-electron chi connectivity index (χ3n) is 2.99. The van der Waals surface area contributed by atoms with Crippen molar-refractivity contribution in [2.75, 3.05) is 19.7 Å². The van der Waals surface area contributed by atoms with Gasteiger partial charge in [-0.2, -0.15) is 0 Å². The molecule has 1 amide bonds. The maximum Gasteiger partial charge on any atom is 0.323 e. The summed E-state index contributed by atoms with van der Waals surface area (Å²) in [5, 5.41) is 0. The zero-order valence-corrected chi connectivity index (χ0v) is 11.2. The van der Waals surface area contributed by atoms with E-state index in [0.717, 1.165) is 0 Å². The van der Waals surface area contributed by atoms with Crippen LogP contribution in [0.4, 0.5) is 0 Å². The number of carbonyl (C=O) groups excluding carboxylic acids is 2. The summed E-state index contributed by atoms with van der Waals surface area (Å²) in [4.78, 5) is 25.0. The van der Waals surface area contributed by atoms with Crippen LogP contribution in [0.1, 0.15) is 27.2 Å². The number of hydrogen-bond acceptors (Lipinski definition) is 5. The van der Waals surface area contributed by atoms with Crippen LogP contribution in [0.2, 0.25) is 0 Å². The van der Waals surface area contributed by atoms with Crippen molar-refractivity contribution in [2.45, 2.75) is 45.4 Å². The highest BCUT2D eigenvalue weighted by Crippen LogP contribution is 2.16. The summed E-state index contributed by atoms with van der Waals surface area (Å²) in [6, 6.07) is -0.335. The summed E-state index contributed by atoms with van der Waals surface area (Å²) < 4.78 is 10.5. The minimum atomic E-state index is -0.655. The predicted molar refractivity (Wildman–Crippen MR) is 65.8 cm³/mol. The fraction of sp³-hybridized carbons (Fsp3) is 0.833. The number of esters is 1. The van der Waals surface area contributed by atoms with Crippen molar-refractivity contribution < 1.29 is 19.1 Å². The van der Waals surface area contributed by atoms with E-state index in [4.69, 9.17) is 15.2 Å². The average molecular weight is 258 g/mol. The predicted octanol–water partition coefficient (Wildman–Crippen LogP) is -0.0973. The number of nitrogens with two attached hydrogens (primary N) is 1. The number of hydrogen-bond donors (Lipinski definition) is 1. The molecule has 0 radical (unpaired) electrons. The molecule has 0 unspecified atom stereocenters. The topological polar surface area (TPSA) is 81.9 Å². The van der Waals surface area contributed by atoms with E-state index in [-0.39, 0.29) is 18.1 Å². The molecular weight excluding hydrogens is 236 g/mol. The lowest BCUT2D eigenvalue weighted by atomic mass is 10.1. The Balaban J connectivity index is 2.72. The van der Waals surface area contributed by atoms with Crippen molar-refractivity contribution in [3.63, 3.8) is 0 Å². The first-order valence-electron chi connectivity index (χ1n) is 6.35. The lowest BCUT2D eigenvalue weighted by Gasteiger charge is -2.38. The van der Waals surface area contributed by atoms with Crippen LogP contribution in [0.15, 0.2) is 0 Å². The Morgan fingerprint density at radius 2 is 2.11 bits per heavy atom. The van der Waals surface area contributed by atoms with E-state index in [1.807, 2.05) is 18.7 Å². The number of ether oxygens (including phenoxy) is 2. The molecule has 1 aliphatic rings. The largest absolute Gasteiger partial charge is 0.465 e. The highest BCUT2D eigenvalue weighted by Gasteiger charge is 2.35. The quantitative estimate of drug-likeness (QED) is 0.696. The molecule has 0 saturated carbocycles. The van der Waals surface area contributed by atoms with Crippen LogP contribution in [0.5, 0.6) is 0 Å². The van der Waals surface area contributed by atoms with Crippen LogP contribution in [0, 0.1) is 0 Å². The molecule has 6 heteroatoms. The maximum absolute atomic E-state index is 11.8. The summed E-state index contributed by atoms with van der Waals surface area (Å²) in [5.74, 6) is -0.748. The van der Waals surface area contributed by atoms with E-state index in [0.29, 0.717) is 26.1 Å². The van der Waals surface area contributed by atoms with Gasteiger partial charge in [-0.15, -0.1) is 0 Å². The smallest absolute Gasteiger partial charge is 0.323 e. The third-order valence-corrected chi connectivity index (χ3v) is 2.99. The molecule has 0 aliphatic carbocycles. The molecule has 18 heavy (non-hydrogen) atoms. The van der Waals surface area contributed by atoms with E-state index < -0.39 is 12.0 Å². The molecule has 1 saturated heterocycles. The molecule has 1 rings (SSSR count). The van der Waals surface area contributed by atoms with Crippen molar-refractivity contribution in [1.82, 2.24) is 4.90 Å². The zero-order chi connectivity index (χ0) is 13.7. The molecular formula is C12H22N2O4. The van der Waals surface area contributed by atoms with E-state index in [9.17, 15) is 9.59 Å². The van der Waals surface area contributed by atoms with Gasteiger partial charge in [-0.05, 0) is 20.3 Å². The Morgan fingerprint density at radius 3 is 2.61 bits per heavy atom. The van der Waals surface area contributed by atoms with E-state index in [1.54, 1.807) is 6.92 Å². The molecule has 0 aromatic rings. The summed E-state index contributed by atoms with van der Waals surface area (Å²) in [6.07, 6.45) is -0.145. The monoisotopic (exact) mass is 258 g/mol. The van der Waals surface area contributed by atoms with E-state index in [1.165, 1.54) is 0 Å². The Kier molecular flexibility index (Phi) is 5.55. The van der Waals surface area contributed by atoms with Crippen LogP contribution in [-0.4, -0.2) is 54.7 Å². The second kappa shape index (κ2) is 6.70. The van der Waals surface area contributed by atoms with Crippen molar-refractivity contribution in [1.29, 1.82) is 0 Å². The molecule has 6 nitrogen and oxygen atoms in total. The van der Waals surface area contributed by atoms with Gasteiger partial charge in [0.15, 0.2) is 0 Å². The van der Waals surface area contributed by atoms with Gasteiger partial charge in [-0.25, -0.2) is 0 Å². The molecule has 104 valence electrons. The molecule has 0 bridgehead atoms. The van der Waals surface area contributed by atoms with Crippen molar-refractivity contribution in [2.24, 2.45) is 5.73 Å². The molecule has 0 aromatic heterocycles. The summed E-state index contributed by atoms with van der Waals surface area (Å²) in [5.41, 5.74) is 5.26. The summed E-state index contributed by atoms with van der Waals surface area (Å²) in [6.45, 7) is 6.85. The minimum Gasteiger partial charge on any atom is -0.465 e. The van der Waals surface area contributed by atoms with Gasteiger partial charge in [-0.3, -0.25) is 14.5 Å². The fourth-order valence-electron chi connectivity index (χ4n) is 2.21. The molecule has 0 spiro atoms. The summed E-state index contributed by atoms with van der Waals surface area (Å²) in [7, 11) is 0. The molecule has 3 atom stereocenters. The van der Waals surface area contributed by atoms with Crippen LogP contribution >= 0.6 is 0 Å². The molecule has 1 heterocycles. The van der Waals surface area contributed by atoms with Gasteiger partial charge in [0.1, 0.15) is 12.1 Å². The lowest BCUT2D eigenvalue weighted by molar-refractivity contribution is -0.160. The van der Waals surface area contributed by atoms with Crippen molar-refractivity contribution in [3.05, 3.63) is 0 Å². The minimum absolute atomic E-state index is 0.125.